The second-order valence-electron chi connectivity index (χ2n) is 4.27. The maximum absolute atomic E-state index is 4.39. The van der Waals surface area contributed by atoms with Gasteiger partial charge >= 0.3 is 0 Å². The van der Waals surface area contributed by atoms with Crippen LogP contribution in [0.25, 0.3) is 0 Å². The van der Waals surface area contributed by atoms with Crippen LogP contribution in [0.15, 0.2) is 12.3 Å². The van der Waals surface area contributed by atoms with Gasteiger partial charge in [-0.3, -0.25) is 9.88 Å². The molecule has 76 valence electrons. The number of aromatic nitrogens is 1. The monoisotopic (exact) mass is 190 g/mol. The second-order valence-corrected chi connectivity index (χ2v) is 4.27. The molecule has 14 heavy (non-hydrogen) atoms. The van der Waals surface area contributed by atoms with Crippen LogP contribution in [0.2, 0.25) is 0 Å². The highest BCUT2D eigenvalue weighted by Gasteiger charge is 2.25. The fourth-order valence-corrected chi connectivity index (χ4v) is 2.48. The second kappa shape index (κ2) is 3.70. The molecule has 0 aliphatic carbocycles. The SMILES string of the molecule is Cc1ccnc(C)c1[C@H]1CCCN1C. The first-order chi connectivity index (χ1) is 6.70. The number of aryl methyl sites for hydroxylation is 2. The van der Waals surface area contributed by atoms with Gasteiger partial charge in [0.05, 0.1) is 0 Å². The lowest BCUT2D eigenvalue weighted by Gasteiger charge is -2.22. The third-order valence-electron chi connectivity index (χ3n) is 3.26. The Balaban J connectivity index is 2.39. The number of hydrogen-bond donors (Lipinski definition) is 0. The van der Waals surface area contributed by atoms with Gasteiger partial charge in [-0.2, -0.15) is 0 Å². The first kappa shape index (κ1) is 9.66. The van der Waals surface area contributed by atoms with Crippen molar-refractivity contribution < 1.29 is 0 Å². The number of pyridine rings is 1. The summed E-state index contributed by atoms with van der Waals surface area (Å²) in [6.45, 7) is 5.53. The van der Waals surface area contributed by atoms with Crippen molar-refractivity contribution in [3.8, 4) is 0 Å². The Morgan fingerprint density at radius 2 is 2.21 bits per heavy atom. The van der Waals surface area contributed by atoms with Crippen molar-refractivity contribution >= 4 is 0 Å². The molecular weight excluding hydrogens is 172 g/mol. The Morgan fingerprint density at radius 1 is 1.43 bits per heavy atom. The predicted octanol–water partition coefficient (Wildman–Crippen LogP) is 2.47. The van der Waals surface area contributed by atoms with Gasteiger partial charge in [-0.1, -0.05) is 0 Å². The van der Waals surface area contributed by atoms with Crippen LogP contribution in [-0.2, 0) is 0 Å². The first-order valence-corrected chi connectivity index (χ1v) is 5.32. The van der Waals surface area contributed by atoms with Crippen LogP contribution in [0.4, 0.5) is 0 Å². The molecule has 1 aliphatic heterocycles. The summed E-state index contributed by atoms with van der Waals surface area (Å²) in [5.41, 5.74) is 4.03. The summed E-state index contributed by atoms with van der Waals surface area (Å²) in [5, 5.41) is 0. The van der Waals surface area contributed by atoms with Crippen LogP contribution in [0.5, 0.6) is 0 Å². The van der Waals surface area contributed by atoms with E-state index in [9.17, 15) is 0 Å². The van der Waals surface area contributed by atoms with E-state index in [1.54, 1.807) is 0 Å². The molecule has 0 unspecified atom stereocenters. The standard InChI is InChI=1S/C12H18N2/c1-9-6-7-13-10(2)12(9)11-5-4-8-14(11)3/h6-7,11H,4-5,8H2,1-3H3/t11-/m1/s1. The fraction of sp³-hybridized carbons (Fsp3) is 0.583. The van der Waals surface area contributed by atoms with Crippen LogP contribution < -0.4 is 0 Å². The molecule has 1 aliphatic rings. The minimum atomic E-state index is 0.601. The van der Waals surface area contributed by atoms with Crippen molar-refractivity contribution in [1.82, 2.24) is 9.88 Å². The van der Waals surface area contributed by atoms with Crippen molar-refractivity contribution in [1.29, 1.82) is 0 Å². The molecule has 0 N–H and O–H groups in total. The normalized spacial score (nSPS) is 22.9. The van der Waals surface area contributed by atoms with Crippen molar-refractivity contribution in [3.63, 3.8) is 0 Å². The zero-order valence-electron chi connectivity index (χ0n) is 9.25. The number of hydrogen-bond acceptors (Lipinski definition) is 2. The van der Waals surface area contributed by atoms with Gasteiger partial charge in [-0.25, -0.2) is 0 Å². The molecule has 2 heteroatoms. The van der Waals surface area contributed by atoms with Gasteiger partial charge in [0.25, 0.3) is 0 Å². The van der Waals surface area contributed by atoms with Gasteiger partial charge in [0.2, 0.25) is 0 Å². The Hall–Kier alpha value is -0.890. The van der Waals surface area contributed by atoms with Gasteiger partial charge in [0, 0.05) is 17.9 Å². The first-order valence-electron chi connectivity index (χ1n) is 5.32. The van der Waals surface area contributed by atoms with E-state index in [0.29, 0.717) is 6.04 Å². The summed E-state index contributed by atoms with van der Waals surface area (Å²) < 4.78 is 0. The molecule has 1 saturated heterocycles. The number of rotatable bonds is 1. The smallest absolute Gasteiger partial charge is 0.0423 e. The van der Waals surface area contributed by atoms with Gasteiger partial charge in [0.1, 0.15) is 0 Å². The Kier molecular flexibility index (Phi) is 2.55. The summed E-state index contributed by atoms with van der Waals surface area (Å²) in [4.78, 5) is 6.83. The van der Waals surface area contributed by atoms with Crippen molar-refractivity contribution in [2.45, 2.75) is 32.7 Å². The number of likely N-dealkylation sites (tertiary alicyclic amines) is 1. The zero-order valence-corrected chi connectivity index (χ0v) is 9.25. The molecule has 0 amide bonds. The molecule has 2 nitrogen and oxygen atoms in total. The van der Waals surface area contributed by atoms with Crippen LogP contribution in [0, 0.1) is 13.8 Å². The number of nitrogens with zero attached hydrogens (tertiary/aromatic N) is 2. The molecule has 0 spiro atoms. The van der Waals surface area contributed by atoms with Crippen LogP contribution in [0.3, 0.4) is 0 Å². The highest BCUT2D eigenvalue weighted by Crippen LogP contribution is 2.33. The summed E-state index contributed by atoms with van der Waals surface area (Å²) >= 11 is 0. The van der Waals surface area contributed by atoms with Gasteiger partial charge in [-0.05, 0) is 57.5 Å². The van der Waals surface area contributed by atoms with E-state index in [-0.39, 0.29) is 0 Å². The Labute approximate surface area is 86.0 Å². The summed E-state index contributed by atoms with van der Waals surface area (Å²) in [5.74, 6) is 0. The summed E-state index contributed by atoms with van der Waals surface area (Å²) in [7, 11) is 2.21. The third-order valence-corrected chi connectivity index (χ3v) is 3.26. The minimum Gasteiger partial charge on any atom is -0.299 e. The maximum atomic E-state index is 4.39. The van der Waals surface area contributed by atoms with E-state index >= 15 is 0 Å². The largest absolute Gasteiger partial charge is 0.299 e. The molecule has 1 atom stereocenters. The molecule has 1 aromatic heterocycles. The Morgan fingerprint density at radius 3 is 2.79 bits per heavy atom. The summed E-state index contributed by atoms with van der Waals surface area (Å²) in [6, 6.07) is 2.72. The van der Waals surface area contributed by atoms with Gasteiger partial charge in [0.15, 0.2) is 0 Å². The topological polar surface area (TPSA) is 16.1 Å². The lowest BCUT2D eigenvalue weighted by molar-refractivity contribution is 0.315. The fourth-order valence-electron chi connectivity index (χ4n) is 2.48. The lowest BCUT2D eigenvalue weighted by atomic mass is 9.98. The van der Waals surface area contributed by atoms with Crippen molar-refractivity contribution in [2.24, 2.45) is 0 Å². The van der Waals surface area contributed by atoms with Crippen LogP contribution in [0.1, 0.15) is 35.7 Å². The van der Waals surface area contributed by atoms with Crippen molar-refractivity contribution in [3.05, 3.63) is 29.1 Å². The molecule has 1 aromatic rings. The molecule has 1 fully saturated rings. The van der Waals surface area contributed by atoms with E-state index in [1.807, 2.05) is 6.20 Å². The van der Waals surface area contributed by atoms with E-state index in [4.69, 9.17) is 0 Å². The van der Waals surface area contributed by atoms with Crippen molar-refractivity contribution in [2.75, 3.05) is 13.6 Å². The molecule has 2 rings (SSSR count). The average molecular weight is 190 g/mol. The minimum absolute atomic E-state index is 0.601. The molecule has 2 heterocycles. The highest BCUT2D eigenvalue weighted by molar-refractivity contribution is 5.31. The molecular formula is C12H18N2. The van der Waals surface area contributed by atoms with Crippen LogP contribution in [-0.4, -0.2) is 23.5 Å². The van der Waals surface area contributed by atoms with Gasteiger partial charge in [-0.15, -0.1) is 0 Å². The highest BCUT2D eigenvalue weighted by atomic mass is 15.1. The molecule has 0 saturated carbocycles. The zero-order chi connectivity index (χ0) is 10.1. The van der Waals surface area contributed by atoms with E-state index in [2.05, 4.69) is 36.8 Å². The van der Waals surface area contributed by atoms with E-state index in [1.165, 1.54) is 36.2 Å². The molecule has 0 bridgehead atoms. The Bertz CT molecular complexity index is 313. The average Bonchev–Trinajstić information content (AvgIpc) is 2.52. The predicted molar refractivity (Wildman–Crippen MR) is 58.3 cm³/mol. The molecule has 0 aromatic carbocycles. The molecule has 0 radical (unpaired) electrons. The quantitative estimate of drug-likeness (QED) is 0.676. The van der Waals surface area contributed by atoms with E-state index < -0.39 is 0 Å². The lowest BCUT2D eigenvalue weighted by Crippen LogP contribution is -2.19. The van der Waals surface area contributed by atoms with Gasteiger partial charge < -0.3 is 0 Å². The third kappa shape index (κ3) is 1.55. The maximum Gasteiger partial charge on any atom is 0.0423 e. The summed E-state index contributed by atoms with van der Waals surface area (Å²) in [6.07, 6.45) is 4.50. The van der Waals surface area contributed by atoms with Crippen LogP contribution >= 0.6 is 0 Å². The van der Waals surface area contributed by atoms with E-state index in [0.717, 1.165) is 0 Å².